The standard InChI is InChI=1S/C27H26F3N5O3S/c1-2-18(36)35-10-4-7-15(12-35)34-25(38)23-20-19-16(8-9-17(31)22(19)39-23)26(33,24(37)21(20)32)13-5-3-6-14(11-13)27(28,29)30/h2-3,5-6,8-9,11,15,21H,1,4,7,10,12,31-33H2,(H,34,38). The number of halogens is 3. The van der Waals surface area contributed by atoms with Gasteiger partial charge in [0.2, 0.25) is 5.91 Å². The minimum absolute atomic E-state index is 0.0686. The molecular formula is C27H26F3N5O3S. The van der Waals surface area contributed by atoms with Crippen molar-refractivity contribution in [1.29, 1.82) is 0 Å². The van der Waals surface area contributed by atoms with Crippen LogP contribution in [0.4, 0.5) is 18.9 Å². The molecule has 2 aromatic carbocycles. The van der Waals surface area contributed by atoms with Gasteiger partial charge in [-0.3, -0.25) is 14.4 Å². The quantitative estimate of drug-likeness (QED) is 0.287. The third kappa shape index (κ3) is 4.28. The number of piperidine rings is 1. The average molecular weight is 558 g/mol. The van der Waals surface area contributed by atoms with E-state index < -0.39 is 35.0 Å². The number of amides is 2. The molecule has 2 aliphatic rings. The van der Waals surface area contributed by atoms with E-state index in [0.29, 0.717) is 41.7 Å². The number of Topliss-reactive ketones (excluding diaryl/α,β-unsaturated/α-hetero) is 1. The van der Waals surface area contributed by atoms with E-state index in [0.717, 1.165) is 23.5 Å². The number of hydrogen-bond acceptors (Lipinski definition) is 7. The number of benzene rings is 2. The van der Waals surface area contributed by atoms with E-state index >= 15 is 0 Å². The number of carbonyl (C=O) groups is 3. The first-order valence-electron chi connectivity index (χ1n) is 12.2. The number of likely N-dealkylation sites (tertiary alicyclic amines) is 1. The van der Waals surface area contributed by atoms with Crippen molar-refractivity contribution in [2.75, 3.05) is 18.8 Å². The average Bonchev–Trinajstić information content (AvgIpc) is 3.32. The number of alkyl halides is 3. The molecule has 7 N–H and O–H groups in total. The van der Waals surface area contributed by atoms with Gasteiger partial charge in [-0.1, -0.05) is 24.8 Å². The number of hydrogen-bond donors (Lipinski definition) is 4. The molecule has 0 saturated carbocycles. The molecule has 39 heavy (non-hydrogen) atoms. The van der Waals surface area contributed by atoms with Crippen LogP contribution in [0.5, 0.6) is 0 Å². The summed E-state index contributed by atoms with van der Waals surface area (Å²) in [5.41, 5.74) is 17.1. The van der Waals surface area contributed by atoms with Crippen LogP contribution in [-0.2, 0) is 21.3 Å². The van der Waals surface area contributed by atoms with Gasteiger partial charge in [-0.05, 0) is 48.2 Å². The molecule has 204 valence electrons. The number of carbonyl (C=O) groups excluding carboxylic acids is 3. The fourth-order valence-electron chi connectivity index (χ4n) is 5.46. The van der Waals surface area contributed by atoms with Crippen LogP contribution in [0.2, 0.25) is 0 Å². The van der Waals surface area contributed by atoms with Gasteiger partial charge in [-0.15, -0.1) is 11.3 Å². The highest BCUT2D eigenvalue weighted by Crippen LogP contribution is 2.49. The van der Waals surface area contributed by atoms with Crippen LogP contribution in [0.1, 0.15) is 50.8 Å². The third-order valence-corrected chi connectivity index (χ3v) is 8.66. The largest absolute Gasteiger partial charge is 0.416 e. The molecular weight excluding hydrogens is 531 g/mol. The van der Waals surface area contributed by atoms with Gasteiger partial charge >= 0.3 is 6.18 Å². The summed E-state index contributed by atoms with van der Waals surface area (Å²) >= 11 is 1.05. The first-order valence-corrected chi connectivity index (χ1v) is 13.0. The fourth-order valence-corrected chi connectivity index (χ4v) is 6.67. The SMILES string of the molecule is C=CC(=O)N1CCCC(NC(=O)c2sc3c(N)ccc4c3c2C(N)C(=O)C4(N)c2cccc(C(F)(F)F)c2)C1. The Bertz CT molecular complexity index is 1530. The van der Waals surface area contributed by atoms with E-state index in [9.17, 15) is 27.6 Å². The maximum atomic E-state index is 13.8. The zero-order chi connectivity index (χ0) is 28.3. The molecule has 3 aromatic rings. The van der Waals surface area contributed by atoms with E-state index in [4.69, 9.17) is 17.2 Å². The summed E-state index contributed by atoms with van der Waals surface area (Å²) in [6.07, 6.45) is -2.09. The van der Waals surface area contributed by atoms with Crippen molar-refractivity contribution in [3.05, 3.63) is 76.2 Å². The second-order valence-electron chi connectivity index (χ2n) is 9.78. The van der Waals surface area contributed by atoms with Gasteiger partial charge in [0.15, 0.2) is 5.78 Å². The van der Waals surface area contributed by atoms with E-state index in [1.54, 1.807) is 4.90 Å². The van der Waals surface area contributed by atoms with Crippen LogP contribution in [0, 0.1) is 0 Å². The normalized spacial score (nSPS) is 23.1. The first-order chi connectivity index (χ1) is 18.4. The highest BCUT2D eigenvalue weighted by molar-refractivity contribution is 7.21. The summed E-state index contributed by atoms with van der Waals surface area (Å²) in [4.78, 5) is 41.1. The van der Waals surface area contributed by atoms with Gasteiger partial charge in [0.1, 0.15) is 5.54 Å². The number of anilines is 1. The molecule has 2 amide bonds. The van der Waals surface area contributed by atoms with Gasteiger partial charge in [-0.25, -0.2) is 0 Å². The van der Waals surface area contributed by atoms with Crippen molar-refractivity contribution in [1.82, 2.24) is 10.2 Å². The molecule has 1 saturated heterocycles. The Morgan fingerprint density at radius 1 is 1.23 bits per heavy atom. The lowest BCUT2D eigenvalue weighted by atomic mass is 9.70. The van der Waals surface area contributed by atoms with Gasteiger partial charge in [-0.2, -0.15) is 13.2 Å². The highest BCUT2D eigenvalue weighted by atomic mass is 32.1. The van der Waals surface area contributed by atoms with Gasteiger partial charge in [0.25, 0.3) is 5.91 Å². The summed E-state index contributed by atoms with van der Waals surface area (Å²) < 4.78 is 40.9. The fraction of sp³-hybridized carbons (Fsp3) is 0.296. The number of ketones is 1. The van der Waals surface area contributed by atoms with Crippen molar-refractivity contribution in [2.45, 2.75) is 36.6 Å². The van der Waals surface area contributed by atoms with Crippen LogP contribution in [0.25, 0.3) is 10.1 Å². The van der Waals surface area contributed by atoms with Crippen molar-refractivity contribution in [3.8, 4) is 0 Å². The van der Waals surface area contributed by atoms with Crippen molar-refractivity contribution in [3.63, 3.8) is 0 Å². The summed E-state index contributed by atoms with van der Waals surface area (Å²) in [7, 11) is 0. The Labute approximate surface area is 225 Å². The molecule has 0 radical (unpaired) electrons. The molecule has 3 atom stereocenters. The van der Waals surface area contributed by atoms with Crippen molar-refractivity contribution < 1.29 is 27.6 Å². The number of thiophene rings is 1. The molecule has 5 rings (SSSR count). The molecule has 1 aromatic heterocycles. The van der Waals surface area contributed by atoms with Crippen molar-refractivity contribution >= 4 is 44.7 Å². The smallest absolute Gasteiger partial charge is 0.398 e. The molecule has 1 aliphatic heterocycles. The van der Waals surface area contributed by atoms with E-state index in [1.807, 2.05) is 0 Å². The lowest BCUT2D eigenvalue weighted by Gasteiger charge is -2.37. The number of nitrogens with one attached hydrogen (secondary N) is 1. The number of rotatable bonds is 4. The number of nitrogens with two attached hydrogens (primary N) is 3. The maximum Gasteiger partial charge on any atom is 0.416 e. The van der Waals surface area contributed by atoms with E-state index in [-0.39, 0.29) is 33.5 Å². The Hall–Kier alpha value is -3.74. The highest BCUT2D eigenvalue weighted by Gasteiger charge is 2.49. The monoisotopic (exact) mass is 557 g/mol. The van der Waals surface area contributed by atoms with E-state index in [1.165, 1.54) is 30.3 Å². The van der Waals surface area contributed by atoms with Crippen molar-refractivity contribution in [2.24, 2.45) is 11.5 Å². The lowest BCUT2D eigenvalue weighted by Crippen LogP contribution is -2.53. The molecule has 0 bridgehead atoms. The Balaban J connectivity index is 1.60. The van der Waals surface area contributed by atoms with Gasteiger partial charge in [0, 0.05) is 35.8 Å². The Morgan fingerprint density at radius 3 is 2.67 bits per heavy atom. The number of nitrogens with zero attached hydrogens (tertiary/aromatic N) is 1. The topological polar surface area (TPSA) is 145 Å². The first kappa shape index (κ1) is 26.9. The second-order valence-corrected chi connectivity index (χ2v) is 10.8. The van der Waals surface area contributed by atoms with Crippen LogP contribution < -0.4 is 22.5 Å². The summed E-state index contributed by atoms with van der Waals surface area (Å²) in [5, 5.41) is 3.33. The number of nitrogen functional groups attached to an aromatic ring is 1. The zero-order valence-corrected chi connectivity index (χ0v) is 21.5. The Kier molecular flexibility index (Phi) is 6.52. The predicted molar refractivity (Wildman–Crippen MR) is 142 cm³/mol. The molecule has 1 fully saturated rings. The predicted octanol–water partition coefficient (Wildman–Crippen LogP) is 3.19. The third-order valence-electron chi connectivity index (χ3n) is 7.41. The molecule has 12 heteroatoms. The lowest BCUT2D eigenvalue weighted by molar-refractivity contribution is -0.138. The maximum absolute atomic E-state index is 13.8. The second kappa shape index (κ2) is 9.47. The Morgan fingerprint density at radius 2 is 1.97 bits per heavy atom. The molecule has 3 unspecified atom stereocenters. The minimum Gasteiger partial charge on any atom is -0.398 e. The van der Waals surface area contributed by atoms with Gasteiger partial charge < -0.3 is 27.4 Å². The molecule has 8 nitrogen and oxygen atoms in total. The summed E-state index contributed by atoms with van der Waals surface area (Å²) in [6, 6.07) is 5.57. The zero-order valence-electron chi connectivity index (χ0n) is 20.7. The molecule has 2 heterocycles. The van der Waals surface area contributed by atoms with Crippen LogP contribution in [0.3, 0.4) is 0 Å². The van der Waals surface area contributed by atoms with Crippen LogP contribution >= 0.6 is 11.3 Å². The molecule has 0 spiro atoms. The molecule has 1 aliphatic carbocycles. The minimum atomic E-state index is -4.65. The van der Waals surface area contributed by atoms with Gasteiger partial charge in [0.05, 0.1) is 21.2 Å². The summed E-state index contributed by atoms with van der Waals surface area (Å²) in [6.45, 7) is 4.36. The van der Waals surface area contributed by atoms with Crippen LogP contribution in [-0.4, -0.2) is 41.6 Å². The van der Waals surface area contributed by atoms with E-state index in [2.05, 4.69) is 11.9 Å². The van der Waals surface area contributed by atoms with Crippen LogP contribution in [0.15, 0.2) is 49.1 Å². The summed E-state index contributed by atoms with van der Waals surface area (Å²) in [5.74, 6) is -1.46.